The lowest BCUT2D eigenvalue weighted by Crippen LogP contribution is -2.48. The van der Waals surface area contributed by atoms with Gasteiger partial charge in [0.15, 0.2) is 0 Å². The second-order valence-electron chi connectivity index (χ2n) is 4.01. The number of carbonyl (C=O) groups excluding carboxylic acids is 1. The Morgan fingerprint density at radius 3 is 2.62 bits per heavy atom. The molecule has 90 valence electrons. The summed E-state index contributed by atoms with van der Waals surface area (Å²) in [5.41, 5.74) is 0. The Hall–Kier alpha value is -1.36. The molecule has 16 heavy (non-hydrogen) atoms. The molecule has 2 N–H and O–H groups in total. The summed E-state index contributed by atoms with van der Waals surface area (Å²) in [4.78, 5) is 23.5. The molecule has 0 aromatic heterocycles. The van der Waals surface area contributed by atoms with Crippen LogP contribution in [0.25, 0.3) is 0 Å². The van der Waals surface area contributed by atoms with Crippen molar-refractivity contribution in [2.45, 2.75) is 38.3 Å². The maximum absolute atomic E-state index is 11.7. The highest BCUT2D eigenvalue weighted by Gasteiger charge is 2.28. The first-order valence-corrected chi connectivity index (χ1v) is 5.42. The Bertz CT molecular complexity index is 298. The van der Waals surface area contributed by atoms with E-state index in [4.69, 9.17) is 5.11 Å². The number of hydrogen-bond donors (Lipinski definition) is 2. The highest BCUT2D eigenvalue weighted by Crippen LogP contribution is 2.20. The largest absolute Gasteiger partial charge is 0.478 e. The first kappa shape index (κ1) is 12.7. The van der Waals surface area contributed by atoms with Gasteiger partial charge in [0.1, 0.15) is 0 Å². The van der Waals surface area contributed by atoms with Crippen molar-refractivity contribution in [2.24, 2.45) is 0 Å². The van der Waals surface area contributed by atoms with Gasteiger partial charge in [0.05, 0.1) is 12.1 Å². The Morgan fingerprint density at radius 2 is 2.06 bits per heavy atom. The van der Waals surface area contributed by atoms with Crippen molar-refractivity contribution in [3.63, 3.8) is 0 Å². The molecular formula is C11H17NO4. The molecule has 0 aliphatic carbocycles. The van der Waals surface area contributed by atoms with Crippen molar-refractivity contribution in [2.75, 3.05) is 6.54 Å². The van der Waals surface area contributed by atoms with E-state index in [1.54, 1.807) is 11.8 Å². The van der Waals surface area contributed by atoms with E-state index in [1.165, 1.54) is 0 Å². The van der Waals surface area contributed by atoms with Crippen LogP contribution in [0.1, 0.15) is 26.2 Å². The number of carboxylic acid groups (broad SMARTS) is 1. The summed E-state index contributed by atoms with van der Waals surface area (Å²) in [6.07, 6.45) is 3.95. The van der Waals surface area contributed by atoms with Crippen LogP contribution in [0.5, 0.6) is 0 Å². The van der Waals surface area contributed by atoms with Crippen LogP contribution in [-0.2, 0) is 9.59 Å². The molecule has 1 fully saturated rings. The molecule has 1 heterocycles. The van der Waals surface area contributed by atoms with E-state index < -0.39 is 12.1 Å². The molecule has 0 aromatic carbocycles. The van der Waals surface area contributed by atoms with Gasteiger partial charge in [-0.2, -0.15) is 0 Å². The van der Waals surface area contributed by atoms with E-state index >= 15 is 0 Å². The predicted molar refractivity (Wildman–Crippen MR) is 57.8 cm³/mol. The molecule has 1 aliphatic heterocycles. The molecule has 0 bridgehead atoms. The first-order valence-electron chi connectivity index (χ1n) is 5.42. The molecule has 0 aromatic rings. The number of carbonyl (C=O) groups is 2. The van der Waals surface area contributed by atoms with Gasteiger partial charge in [-0.1, -0.05) is 0 Å². The monoisotopic (exact) mass is 227 g/mol. The van der Waals surface area contributed by atoms with Gasteiger partial charge in [0.2, 0.25) is 5.91 Å². The third kappa shape index (κ3) is 3.34. The number of piperidine rings is 1. The number of aliphatic carboxylic acids is 1. The van der Waals surface area contributed by atoms with E-state index in [9.17, 15) is 14.7 Å². The van der Waals surface area contributed by atoms with Crippen molar-refractivity contribution in [1.29, 1.82) is 0 Å². The number of nitrogens with zero attached hydrogens (tertiary/aromatic N) is 1. The number of hydrogen-bond acceptors (Lipinski definition) is 3. The highest BCUT2D eigenvalue weighted by molar-refractivity contribution is 5.94. The maximum Gasteiger partial charge on any atom is 0.328 e. The topological polar surface area (TPSA) is 77.8 Å². The van der Waals surface area contributed by atoms with Gasteiger partial charge in [0.25, 0.3) is 0 Å². The number of aliphatic hydroxyl groups excluding tert-OH is 1. The van der Waals surface area contributed by atoms with Crippen molar-refractivity contribution >= 4 is 11.9 Å². The van der Waals surface area contributed by atoms with Gasteiger partial charge in [-0.15, -0.1) is 0 Å². The van der Waals surface area contributed by atoms with Gasteiger partial charge >= 0.3 is 5.97 Å². The molecule has 1 rings (SSSR count). The summed E-state index contributed by atoms with van der Waals surface area (Å²) in [5.74, 6) is -1.48. The number of carboxylic acids is 1. The van der Waals surface area contributed by atoms with Crippen LogP contribution >= 0.6 is 0 Å². The standard InChI is InChI=1S/C11H17NO4/c1-8(13)9-4-2-3-7-12(9)10(14)5-6-11(15)16/h5-6,8-9,13H,2-4,7H2,1H3,(H,15,16)/b6-5+. The minimum atomic E-state index is -1.14. The third-order valence-corrected chi connectivity index (χ3v) is 2.76. The van der Waals surface area contributed by atoms with Gasteiger partial charge in [-0.25, -0.2) is 4.79 Å². The minimum Gasteiger partial charge on any atom is -0.478 e. The summed E-state index contributed by atoms with van der Waals surface area (Å²) >= 11 is 0. The SMILES string of the molecule is CC(O)C1CCCCN1C(=O)/C=C/C(=O)O. The van der Waals surface area contributed by atoms with Crippen LogP contribution in [0.3, 0.4) is 0 Å². The Kier molecular flexibility index (Phi) is 4.49. The van der Waals surface area contributed by atoms with E-state index in [2.05, 4.69) is 0 Å². The van der Waals surface area contributed by atoms with Gasteiger partial charge < -0.3 is 15.1 Å². The smallest absolute Gasteiger partial charge is 0.328 e. The lowest BCUT2D eigenvalue weighted by molar-refractivity contribution is -0.134. The number of likely N-dealkylation sites (tertiary alicyclic amines) is 1. The fourth-order valence-corrected chi connectivity index (χ4v) is 1.97. The molecule has 0 radical (unpaired) electrons. The highest BCUT2D eigenvalue weighted by atomic mass is 16.4. The molecule has 1 aliphatic rings. The summed E-state index contributed by atoms with van der Waals surface area (Å²) in [6, 6.07) is -0.195. The van der Waals surface area contributed by atoms with Crippen molar-refractivity contribution in [1.82, 2.24) is 4.90 Å². The van der Waals surface area contributed by atoms with Gasteiger partial charge in [-0.05, 0) is 26.2 Å². The normalized spacial score (nSPS) is 23.4. The first-order chi connectivity index (χ1) is 7.52. The van der Waals surface area contributed by atoms with Crippen molar-refractivity contribution in [3.8, 4) is 0 Å². The maximum atomic E-state index is 11.7. The van der Waals surface area contributed by atoms with Crippen LogP contribution in [-0.4, -0.2) is 45.7 Å². The Labute approximate surface area is 94.4 Å². The average Bonchev–Trinajstić information content (AvgIpc) is 2.25. The van der Waals surface area contributed by atoms with Crippen LogP contribution in [0.15, 0.2) is 12.2 Å². The molecular weight excluding hydrogens is 210 g/mol. The molecule has 2 unspecified atom stereocenters. The lowest BCUT2D eigenvalue weighted by atomic mass is 9.98. The molecule has 5 nitrogen and oxygen atoms in total. The summed E-state index contributed by atoms with van der Waals surface area (Å²) in [7, 11) is 0. The summed E-state index contributed by atoms with van der Waals surface area (Å²) in [6.45, 7) is 2.23. The zero-order valence-electron chi connectivity index (χ0n) is 9.30. The lowest BCUT2D eigenvalue weighted by Gasteiger charge is -2.36. The third-order valence-electron chi connectivity index (χ3n) is 2.76. The number of amides is 1. The Balaban J connectivity index is 2.67. The fourth-order valence-electron chi connectivity index (χ4n) is 1.97. The fraction of sp³-hybridized carbons (Fsp3) is 0.636. The van der Waals surface area contributed by atoms with E-state index in [0.29, 0.717) is 6.54 Å². The second-order valence-corrected chi connectivity index (χ2v) is 4.01. The van der Waals surface area contributed by atoms with Crippen molar-refractivity contribution < 1.29 is 19.8 Å². The van der Waals surface area contributed by atoms with Gasteiger partial charge in [0, 0.05) is 18.7 Å². The number of rotatable bonds is 3. The van der Waals surface area contributed by atoms with Gasteiger partial charge in [-0.3, -0.25) is 4.79 Å². The zero-order valence-corrected chi connectivity index (χ0v) is 9.30. The van der Waals surface area contributed by atoms with Crippen LogP contribution < -0.4 is 0 Å². The molecule has 0 spiro atoms. The molecule has 0 saturated carbocycles. The quantitative estimate of drug-likeness (QED) is 0.684. The second kappa shape index (κ2) is 5.65. The molecule has 5 heteroatoms. The molecule has 1 amide bonds. The molecule has 2 atom stereocenters. The minimum absolute atomic E-state index is 0.195. The Morgan fingerprint density at radius 1 is 1.38 bits per heavy atom. The van der Waals surface area contributed by atoms with Crippen LogP contribution in [0.4, 0.5) is 0 Å². The molecule has 1 saturated heterocycles. The summed E-state index contributed by atoms with van der Waals surface area (Å²) < 4.78 is 0. The van der Waals surface area contributed by atoms with E-state index in [-0.39, 0.29) is 11.9 Å². The van der Waals surface area contributed by atoms with Crippen LogP contribution in [0.2, 0.25) is 0 Å². The van der Waals surface area contributed by atoms with Crippen LogP contribution in [0, 0.1) is 0 Å². The zero-order chi connectivity index (χ0) is 12.1. The number of aliphatic hydroxyl groups is 1. The van der Waals surface area contributed by atoms with E-state index in [1.807, 2.05) is 0 Å². The predicted octanol–water partition coefficient (Wildman–Crippen LogP) is 0.389. The van der Waals surface area contributed by atoms with Crippen molar-refractivity contribution in [3.05, 3.63) is 12.2 Å². The average molecular weight is 227 g/mol. The van der Waals surface area contributed by atoms with E-state index in [0.717, 1.165) is 31.4 Å². The summed E-state index contributed by atoms with van der Waals surface area (Å²) in [5, 5.41) is 18.0.